The lowest BCUT2D eigenvalue weighted by Crippen LogP contribution is -2.20. The summed E-state index contributed by atoms with van der Waals surface area (Å²) in [7, 11) is 1.57. The summed E-state index contributed by atoms with van der Waals surface area (Å²) in [6.07, 6.45) is 0. The van der Waals surface area contributed by atoms with Crippen LogP contribution in [0.1, 0.15) is 5.56 Å². The molecule has 5 heteroatoms. The average molecular weight is 289 g/mol. The third-order valence-corrected chi connectivity index (χ3v) is 2.90. The summed E-state index contributed by atoms with van der Waals surface area (Å²) in [6.45, 7) is 1.64. The third-order valence-electron chi connectivity index (χ3n) is 2.90. The first-order chi connectivity index (χ1) is 10.1. The van der Waals surface area contributed by atoms with Gasteiger partial charge in [-0.3, -0.25) is 4.79 Å². The molecule has 0 atom stereocenters. The van der Waals surface area contributed by atoms with Crippen LogP contribution in [0.4, 0.5) is 10.1 Å². The molecule has 21 heavy (non-hydrogen) atoms. The third kappa shape index (κ3) is 4.21. The van der Waals surface area contributed by atoms with Gasteiger partial charge in [0.1, 0.15) is 17.3 Å². The minimum Gasteiger partial charge on any atom is -0.497 e. The second-order valence-corrected chi connectivity index (χ2v) is 4.47. The van der Waals surface area contributed by atoms with Crippen molar-refractivity contribution in [2.24, 2.45) is 0 Å². The van der Waals surface area contributed by atoms with Crippen LogP contribution in [0.5, 0.6) is 11.5 Å². The average Bonchev–Trinajstić information content (AvgIpc) is 2.49. The number of halogens is 1. The largest absolute Gasteiger partial charge is 0.497 e. The highest BCUT2D eigenvalue weighted by atomic mass is 19.1. The smallest absolute Gasteiger partial charge is 0.262 e. The molecule has 2 aromatic carbocycles. The fraction of sp³-hybridized carbons (Fsp3) is 0.188. The molecule has 110 valence electrons. The van der Waals surface area contributed by atoms with E-state index in [1.54, 1.807) is 44.4 Å². The monoisotopic (exact) mass is 289 g/mol. The van der Waals surface area contributed by atoms with Crippen LogP contribution in [0.15, 0.2) is 42.5 Å². The number of benzene rings is 2. The fourth-order valence-electron chi connectivity index (χ4n) is 1.74. The van der Waals surface area contributed by atoms with Gasteiger partial charge in [-0.05, 0) is 48.9 Å². The maximum absolute atomic E-state index is 13.1. The molecule has 0 aliphatic heterocycles. The minimum absolute atomic E-state index is 0.151. The van der Waals surface area contributed by atoms with E-state index < -0.39 is 5.82 Å². The highest BCUT2D eigenvalue weighted by Crippen LogP contribution is 2.18. The van der Waals surface area contributed by atoms with Gasteiger partial charge in [0, 0.05) is 5.69 Å². The van der Waals surface area contributed by atoms with E-state index in [1.165, 1.54) is 12.1 Å². The molecule has 0 saturated heterocycles. The summed E-state index contributed by atoms with van der Waals surface area (Å²) in [5.74, 6) is 0.524. The van der Waals surface area contributed by atoms with Crippen LogP contribution in [0.3, 0.4) is 0 Å². The predicted molar refractivity (Wildman–Crippen MR) is 78.3 cm³/mol. The van der Waals surface area contributed by atoms with E-state index >= 15 is 0 Å². The van der Waals surface area contributed by atoms with Gasteiger partial charge >= 0.3 is 0 Å². The molecule has 0 spiro atoms. The van der Waals surface area contributed by atoms with E-state index in [1.807, 2.05) is 0 Å². The molecule has 0 aliphatic rings. The summed E-state index contributed by atoms with van der Waals surface area (Å²) in [4.78, 5) is 11.8. The van der Waals surface area contributed by atoms with Crippen LogP contribution >= 0.6 is 0 Å². The van der Waals surface area contributed by atoms with Crippen molar-refractivity contribution >= 4 is 11.6 Å². The summed E-state index contributed by atoms with van der Waals surface area (Å²) < 4.78 is 23.5. The maximum Gasteiger partial charge on any atom is 0.262 e. The molecule has 4 nitrogen and oxygen atoms in total. The molecular weight excluding hydrogens is 273 g/mol. The van der Waals surface area contributed by atoms with Crippen molar-refractivity contribution in [3.8, 4) is 11.5 Å². The van der Waals surface area contributed by atoms with Gasteiger partial charge in [-0.1, -0.05) is 6.07 Å². The Morgan fingerprint density at radius 2 is 1.81 bits per heavy atom. The van der Waals surface area contributed by atoms with Gasteiger partial charge in [0.15, 0.2) is 6.61 Å². The number of carbonyl (C=O) groups is 1. The lowest BCUT2D eigenvalue weighted by Gasteiger charge is -2.10. The molecule has 0 aromatic heterocycles. The molecular formula is C16H16FNO3. The van der Waals surface area contributed by atoms with Gasteiger partial charge in [-0.25, -0.2) is 4.39 Å². The number of ether oxygens (including phenoxy) is 2. The Bertz CT molecular complexity index is 626. The predicted octanol–water partition coefficient (Wildman–Crippen LogP) is 3.16. The fourth-order valence-corrected chi connectivity index (χ4v) is 1.74. The SMILES string of the molecule is COc1ccc(OCC(=O)Nc2cc(F)ccc2C)cc1. The summed E-state index contributed by atoms with van der Waals surface area (Å²) in [5.41, 5.74) is 1.23. The van der Waals surface area contributed by atoms with Crippen molar-refractivity contribution in [3.05, 3.63) is 53.8 Å². The number of nitrogens with one attached hydrogen (secondary N) is 1. The molecule has 2 rings (SSSR count). The van der Waals surface area contributed by atoms with Gasteiger partial charge in [-0.2, -0.15) is 0 Å². The molecule has 1 amide bonds. The molecule has 2 aromatic rings. The van der Waals surface area contributed by atoms with Gasteiger partial charge in [0.05, 0.1) is 7.11 Å². The van der Waals surface area contributed by atoms with Crippen LogP contribution in [-0.4, -0.2) is 19.6 Å². The van der Waals surface area contributed by atoms with E-state index in [-0.39, 0.29) is 12.5 Å². The van der Waals surface area contributed by atoms with Gasteiger partial charge < -0.3 is 14.8 Å². The number of anilines is 1. The lowest BCUT2D eigenvalue weighted by molar-refractivity contribution is -0.118. The quantitative estimate of drug-likeness (QED) is 0.919. The zero-order valence-corrected chi connectivity index (χ0v) is 11.9. The molecule has 0 fully saturated rings. The first-order valence-corrected chi connectivity index (χ1v) is 6.41. The molecule has 0 bridgehead atoms. The first kappa shape index (κ1) is 14.8. The van der Waals surface area contributed by atoms with Gasteiger partial charge in [0.2, 0.25) is 0 Å². The number of rotatable bonds is 5. The number of amides is 1. The van der Waals surface area contributed by atoms with E-state index in [2.05, 4.69) is 5.32 Å². The normalized spacial score (nSPS) is 10.0. The van der Waals surface area contributed by atoms with Crippen LogP contribution in [0.25, 0.3) is 0 Å². The van der Waals surface area contributed by atoms with Crippen LogP contribution in [0, 0.1) is 12.7 Å². The van der Waals surface area contributed by atoms with Crippen molar-refractivity contribution in [1.82, 2.24) is 0 Å². The second kappa shape index (κ2) is 6.74. The van der Waals surface area contributed by atoms with E-state index in [9.17, 15) is 9.18 Å². The number of methoxy groups -OCH3 is 1. The number of carbonyl (C=O) groups excluding carboxylic acids is 1. The zero-order valence-electron chi connectivity index (χ0n) is 11.9. The molecule has 0 saturated carbocycles. The summed E-state index contributed by atoms with van der Waals surface area (Å²) in [6, 6.07) is 11.1. The Morgan fingerprint density at radius 3 is 2.48 bits per heavy atom. The Kier molecular flexibility index (Phi) is 4.77. The van der Waals surface area contributed by atoms with Crippen molar-refractivity contribution in [2.75, 3.05) is 19.0 Å². The van der Waals surface area contributed by atoms with E-state index in [0.717, 1.165) is 5.56 Å². The Balaban J connectivity index is 1.91. The summed E-state index contributed by atoms with van der Waals surface area (Å²) >= 11 is 0. The Hall–Kier alpha value is -2.56. The Labute approximate surface area is 122 Å². The lowest BCUT2D eigenvalue weighted by atomic mass is 10.2. The molecule has 0 aliphatic carbocycles. The van der Waals surface area contributed by atoms with Gasteiger partial charge in [-0.15, -0.1) is 0 Å². The van der Waals surface area contributed by atoms with Crippen LogP contribution in [0.2, 0.25) is 0 Å². The topological polar surface area (TPSA) is 47.6 Å². The molecule has 0 unspecified atom stereocenters. The van der Waals surface area contributed by atoms with E-state index in [0.29, 0.717) is 17.2 Å². The van der Waals surface area contributed by atoms with Crippen molar-refractivity contribution < 1.29 is 18.7 Å². The number of aryl methyl sites for hydroxylation is 1. The van der Waals surface area contributed by atoms with Gasteiger partial charge in [0.25, 0.3) is 5.91 Å². The molecule has 1 N–H and O–H groups in total. The number of hydrogen-bond donors (Lipinski definition) is 1. The molecule has 0 heterocycles. The highest BCUT2D eigenvalue weighted by molar-refractivity contribution is 5.92. The zero-order chi connectivity index (χ0) is 15.2. The van der Waals surface area contributed by atoms with Crippen LogP contribution in [-0.2, 0) is 4.79 Å². The first-order valence-electron chi connectivity index (χ1n) is 6.41. The Morgan fingerprint density at radius 1 is 1.14 bits per heavy atom. The highest BCUT2D eigenvalue weighted by Gasteiger charge is 2.07. The van der Waals surface area contributed by atoms with Crippen LogP contribution < -0.4 is 14.8 Å². The summed E-state index contributed by atoms with van der Waals surface area (Å²) in [5, 5.41) is 2.62. The van der Waals surface area contributed by atoms with Crippen molar-refractivity contribution in [3.63, 3.8) is 0 Å². The standard InChI is InChI=1S/C16H16FNO3/c1-11-3-4-12(17)9-15(11)18-16(19)10-21-14-7-5-13(20-2)6-8-14/h3-9H,10H2,1-2H3,(H,18,19). The van der Waals surface area contributed by atoms with Crippen molar-refractivity contribution in [2.45, 2.75) is 6.92 Å². The minimum atomic E-state index is -0.396. The van der Waals surface area contributed by atoms with Crippen molar-refractivity contribution in [1.29, 1.82) is 0 Å². The second-order valence-electron chi connectivity index (χ2n) is 4.47. The van der Waals surface area contributed by atoms with E-state index in [4.69, 9.17) is 9.47 Å². The molecule has 0 radical (unpaired) electrons. The maximum atomic E-state index is 13.1. The number of hydrogen-bond acceptors (Lipinski definition) is 3.